The molecule has 0 aromatic rings. The molecule has 0 aromatic heterocycles. The monoisotopic (exact) mass is 286 g/mol. The maximum absolute atomic E-state index is 11.3. The molecule has 0 rings (SSSR count). The van der Waals surface area contributed by atoms with Gasteiger partial charge in [0.05, 0.1) is 0 Å². The van der Waals surface area contributed by atoms with Gasteiger partial charge in [0, 0.05) is 6.61 Å². The van der Waals surface area contributed by atoms with Crippen LogP contribution in [0.2, 0.25) is 19.6 Å². The van der Waals surface area contributed by atoms with Crippen molar-refractivity contribution >= 4 is 14.2 Å². The average Bonchev–Trinajstić information content (AvgIpc) is 2.29. The van der Waals surface area contributed by atoms with Crippen LogP contribution >= 0.6 is 0 Å². The quantitative estimate of drug-likeness (QED) is 0.348. The summed E-state index contributed by atoms with van der Waals surface area (Å²) in [7, 11) is -1.43. The van der Waals surface area contributed by atoms with Gasteiger partial charge in [0.2, 0.25) is 5.91 Å². The Hall–Kier alpha value is -0.653. The zero-order chi connectivity index (χ0) is 14.7. The van der Waals surface area contributed by atoms with E-state index >= 15 is 0 Å². The number of carbonyl (C=O) groups is 1. The number of primary amides is 1. The molecule has 1 unspecified atom stereocenters. The molecule has 3 N–H and O–H groups in total. The number of rotatable bonds is 11. The number of hydrogen-bond donors (Lipinski definition) is 2. The van der Waals surface area contributed by atoms with Gasteiger partial charge in [-0.1, -0.05) is 31.9 Å². The first-order chi connectivity index (χ1) is 8.87. The third kappa shape index (κ3) is 12.1. The van der Waals surface area contributed by atoms with Crippen LogP contribution in [0, 0.1) is 0 Å². The molecular weight excluding hydrogens is 256 g/mol. The maximum atomic E-state index is 11.3. The van der Waals surface area contributed by atoms with Crippen molar-refractivity contribution in [1.82, 2.24) is 5.32 Å². The second-order valence-electron chi connectivity index (χ2n) is 5.72. The van der Waals surface area contributed by atoms with Crippen LogP contribution in [-0.2, 0) is 9.22 Å². The molecule has 0 aliphatic carbocycles. The van der Waals surface area contributed by atoms with Crippen LogP contribution in [0.5, 0.6) is 0 Å². The van der Waals surface area contributed by atoms with Crippen molar-refractivity contribution in [3.8, 4) is 0 Å². The molecule has 1 amide bonds. The van der Waals surface area contributed by atoms with Gasteiger partial charge in [-0.25, -0.2) is 0 Å². The Morgan fingerprint density at radius 2 is 2.05 bits per heavy atom. The fourth-order valence-electron chi connectivity index (χ4n) is 1.56. The van der Waals surface area contributed by atoms with Crippen LogP contribution in [0.1, 0.15) is 32.6 Å². The zero-order valence-electron chi connectivity index (χ0n) is 12.9. The van der Waals surface area contributed by atoms with Crippen LogP contribution in [0.15, 0.2) is 12.2 Å². The highest BCUT2D eigenvalue weighted by atomic mass is 28.4. The average molecular weight is 286 g/mol. The molecule has 0 saturated carbocycles. The Bertz CT molecular complexity index is 275. The first kappa shape index (κ1) is 18.3. The molecule has 4 nitrogen and oxygen atoms in total. The van der Waals surface area contributed by atoms with E-state index in [2.05, 4.69) is 31.9 Å². The standard InChI is InChI=1S/C14H30N2O2Si/c1-5-6-8-11-16-13(14(15)17)10-7-9-12-18-19(2,3)4/h7,10,13,16H,5-6,8-9,11-12H2,1-4H3,(H2,15,17)/b10-7-. The highest BCUT2D eigenvalue weighted by molar-refractivity contribution is 6.69. The molecule has 112 valence electrons. The molecule has 5 heteroatoms. The molecule has 0 radical (unpaired) electrons. The number of hydrogen-bond acceptors (Lipinski definition) is 3. The molecule has 1 atom stereocenters. The van der Waals surface area contributed by atoms with Crippen LogP contribution in [0.4, 0.5) is 0 Å². The molecule has 0 fully saturated rings. The lowest BCUT2D eigenvalue weighted by Crippen LogP contribution is -2.40. The van der Waals surface area contributed by atoms with Crippen molar-refractivity contribution in [3.63, 3.8) is 0 Å². The van der Waals surface area contributed by atoms with Gasteiger partial charge in [-0.05, 0) is 39.0 Å². The van der Waals surface area contributed by atoms with E-state index in [-0.39, 0.29) is 11.9 Å². The van der Waals surface area contributed by atoms with Crippen LogP contribution in [0.3, 0.4) is 0 Å². The van der Waals surface area contributed by atoms with Gasteiger partial charge in [-0.2, -0.15) is 0 Å². The Balaban J connectivity index is 3.89. The fraction of sp³-hybridized carbons (Fsp3) is 0.786. The van der Waals surface area contributed by atoms with Gasteiger partial charge in [0.25, 0.3) is 0 Å². The summed E-state index contributed by atoms with van der Waals surface area (Å²) in [5, 5.41) is 3.17. The fourth-order valence-corrected chi connectivity index (χ4v) is 2.29. The van der Waals surface area contributed by atoms with E-state index in [9.17, 15) is 4.79 Å². The molecule has 0 bridgehead atoms. The third-order valence-electron chi connectivity index (χ3n) is 2.60. The second kappa shape index (κ2) is 10.2. The van der Waals surface area contributed by atoms with Crippen LogP contribution in [0.25, 0.3) is 0 Å². The van der Waals surface area contributed by atoms with E-state index in [1.807, 2.05) is 12.2 Å². The van der Waals surface area contributed by atoms with Gasteiger partial charge in [0.15, 0.2) is 8.32 Å². The Morgan fingerprint density at radius 3 is 2.58 bits per heavy atom. The first-order valence-corrected chi connectivity index (χ1v) is 10.6. The van der Waals surface area contributed by atoms with Gasteiger partial charge >= 0.3 is 0 Å². The van der Waals surface area contributed by atoms with E-state index < -0.39 is 8.32 Å². The van der Waals surface area contributed by atoms with Crippen molar-refractivity contribution in [2.45, 2.75) is 58.3 Å². The van der Waals surface area contributed by atoms with Crippen molar-refractivity contribution in [2.75, 3.05) is 13.2 Å². The van der Waals surface area contributed by atoms with E-state index in [1.165, 1.54) is 12.8 Å². The highest BCUT2D eigenvalue weighted by Crippen LogP contribution is 2.03. The number of nitrogens with two attached hydrogens (primary N) is 1. The third-order valence-corrected chi connectivity index (χ3v) is 3.67. The second-order valence-corrected chi connectivity index (χ2v) is 10.2. The molecule has 0 aromatic carbocycles. The lowest BCUT2D eigenvalue weighted by molar-refractivity contribution is -0.118. The van der Waals surface area contributed by atoms with Crippen molar-refractivity contribution in [1.29, 1.82) is 0 Å². The van der Waals surface area contributed by atoms with E-state index in [4.69, 9.17) is 10.2 Å². The maximum Gasteiger partial charge on any atom is 0.238 e. The van der Waals surface area contributed by atoms with Gasteiger partial charge < -0.3 is 15.5 Å². The largest absolute Gasteiger partial charge is 0.417 e. The van der Waals surface area contributed by atoms with Crippen molar-refractivity contribution < 1.29 is 9.22 Å². The number of unbranched alkanes of at least 4 members (excludes halogenated alkanes) is 2. The lowest BCUT2D eigenvalue weighted by atomic mass is 10.2. The minimum atomic E-state index is -1.43. The lowest BCUT2D eigenvalue weighted by Gasteiger charge is -2.16. The summed E-state index contributed by atoms with van der Waals surface area (Å²) in [4.78, 5) is 11.3. The molecular formula is C14H30N2O2Si. The van der Waals surface area contributed by atoms with Crippen molar-refractivity contribution in [3.05, 3.63) is 12.2 Å². The minimum absolute atomic E-state index is 0.320. The summed E-state index contributed by atoms with van der Waals surface area (Å²) < 4.78 is 5.74. The summed E-state index contributed by atoms with van der Waals surface area (Å²) in [5.41, 5.74) is 5.36. The number of amides is 1. The topological polar surface area (TPSA) is 64.3 Å². The Labute approximate surface area is 118 Å². The highest BCUT2D eigenvalue weighted by Gasteiger charge is 2.13. The van der Waals surface area contributed by atoms with Crippen LogP contribution < -0.4 is 11.1 Å². The summed E-state index contributed by atoms with van der Waals surface area (Å²) in [6.45, 7) is 10.2. The normalized spacial score (nSPS) is 13.9. The SMILES string of the molecule is CCCCCNC(/C=C\CCO[Si](C)(C)C)C(N)=O. The Morgan fingerprint density at radius 1 is 1.37 bits per heavy atom. The zero-order valence-corrected chi connectivity index (χ0v) is 13.9. The predicted octanol–water partition coefficient (Wildman–Crippen LogP) is 2.42. The molecule has 0 heterocycles. The molecule has 0 spiro atoms. The van der Waals surface area contributed by atoms with Gasteiger partial charge in [-0.15, -0.1) is 0 Å². The molecule has 0 saturated heterocycles. The van der Waals surface area contributed by atoms with Crippen molar-refractivity contribution in [2.24, 2.45) is 5.73 Å². The molecule has 0 aliphatic heterocycles. The van der Waals surface area contributed by atoms with Gasteiger partial charge in [-0.3, -0.25) is 4.79 Å². The van der Waals surface area contributed by atoms with Gasteiger partial charge in [0.1, 0.15) is 6.04 Å². The number of nitrogens with one attached hydrogen (secondary N) is 1. The summed E-state index contributed by atoms with van der Waals surface area (Å²) >= 11 is 0. The smallest absolute Gasteiger partial charge is 0.238 e. The predicted molar refractivity (Wildman–Crippen MR) is 83.6 cm³/mol. The molecule has 0 aliphatic rings. The first-order valence-electron chi connectivity index (χ1n) is 7.20. The Kier molecular flexibility index (Phi) is 9.82. The minimum Gasteiger partial charge on any atom is -0.417 e. The van der Waals surface area contributed by atoms with Crippen LogP contribution in [-0.4, -0.2) is 33.4 Å². The van der Waals surface area contributed by atoms with E-state index in [0.717, 1.165) is 19.4 Å². The van der Waals surface area contributed by atoms with E-state index in [0.29, 0.717) is 6.61 Å². The summed E-state index contributed by atoms with van der Waals surface area (Å²) in [6, 6.07) is -0.358. The number of carbonyl (C=O) groups excluding carboxylic acids is 1. The summed E-state index contributed by atoms with van der Waals surface area (Å²) in [5.74, 6) is -0.320. The van der Waals surface area contributed by atoms with E-state index in [1.54, 1.807) is 0 Å². The summed E-state index contributed by atoms with van der Waals surface area (Å²) in [6.07, 6.45) is 8.07. The molecule has 19 heavy (non-hydrogen) atoms.